The van der Waals surface area contributed by atoms with Crippen molar-refractivity contribution >= 4 is 29.7 Å². The van der Waals surface area contributed by atoms with Crippen molar-refractivity contribution in [2.75, 3.05) is 53.1 Å². The number of Topliss-reactive ketones (excluding diaryl/α,β-unsaturated/α-hetero) is 1. The monoisotopic (exact) mass is 882 g/mol. The molecule has 7 aliphatic rings. The van der Waals surface area contributed by atoms with Crippen LogP contribution in [0.1, 0.15) is 106 Å². The second-order valence-corrected chi connectivity index (χ2v) is 18.8. The summed E-state index contributed by atoms with van der Waals surface area (Å²) < 4.78 is 31.3. The van der Waals surface area contributed by atoms with Gasteiger partial charge in [0, 0.05) is 62.6 Å². The van der Waals surface area contributed by atoms with Gasteiger partial charge >= 0.3 is 5.97 Å². The number of aldehydes is 1. The molecule has 0 spiro atoms. The molecule has 0 aromatic heterocycles. The van der Waals surface area contributed by atoms with Crippen molar-refractivity contribution in [1.29, 1.82) is 0 Å². The summed E-state index contributed by atoms with van der Waals surface area (Å²) in [5.74, 6) is -1.99. The number of esters is 1. The fourth-order valence-electron chi connectivity index (χ4n) is 12.0. The Morgan fingerprint density at radius 1 is 1.09 bits per heavy atom. The molecule has 0 radical (unpaired) electrons. The molecule has 4 heterocycles. The lowest BCUT2D eigenvalue weighted by Gasteiger charge is -2.51. The maximum atomic E-state index is 14.2. The number of nitrogens with zero attached hydrogens (tertiary/aromatic N) is 2. The van der Waals surface area contributed by atoms with Gasteiger partial charge < -0.3 is 49.0 Å². The molecule has 344 valence electrons. The lowest BCUT2D eigenvalue weighted by Crippen LogP contribution is -2.59. The van der Waals surface area contributed by atoms with Gasteiger partial charge in [-0.15, -0.1) is 0 Å². The lowest BCUT2D eigenvalue weighted by atomic mass is 9.63. The van der Waals surface area contributed by atoms with E-state index in [0.29, 0.717) is 78.9 Å². The molecule has 4 fully saturated rings. The number of aliphatic hydroxyl groups is 4. The van der Waals surface area contributed by atoms with Crippen molar-refractivity contribution in [2.45, 2.75) is 120 Å². The minimum Gasteiger partial charge on any atom is -0.489 e. The maximum Gasteiger partial charge on any atom is 0.375 e. The van der Waals surface area contributed by atoms with Crippen LogP contribution in [0.25, 0.3) is 11.6 Å². The van der Waals surface area contributed by atoms with Crippen molar-refractivity contribution in [2.24, 2.45) is 22.7 Å². The number of carbonyl (C=O) groups is 3. The third kappa shape index (κ3) is 8.12. The van der Waals surface area contributed by atoms with E-state index in [9.17, 15) is 34.8 Å². The van der Waals surface area contributed by atoms with Crippen molar-refractivity contribution < 1.29 is 58.5 Å². The van der Waals surface area contributed by atoms with Crippen LogP contribution in [0.3, 0.4) is 0 Å². The number of carbonyl (C=O) groups excluding carboxylic acids is 3. The molecule has 3 aliphatic carbocycles. The average Bonchev–Trinajstić information content (AvgIpc) is 3.97. The number of likely N-dealkylation sites (tertiary alicyclic amines) is 1. The fourth-order valence-corrected chi connectivity index (χ4v) is 12.0. The summed E-state index contributed by atoms with van der Waals surface area (Å²) in [4.78, 5) is 48.7. The number of fused-ring (bicyclic) bond motifs is 4. The van der Waals surface area contributed by atoms with Gasteiger partial charge in [-0.05, 0) is 106 Å². The van der Waals surface area contributed by atoms with Gasteiger partial charge in [0.1, 0.15) is 40.8 Å². The maximum absolute atomic E-state index is 14.2. The predicted octanol–water partition coefficient (Wildman–Crippen LogP) is 3.39. The van der Waals surface area contributed by atoms with Crippen LogP contribution in [0.4, 0.5) is 0 Å². The fraction of sp³-hybridized carbons (Fsp3) is 0.600. The minimum absolute atomic E-state index is 0.00670. The standard InChI is InChI=1S/C50H62N2O12/c1-3-61-49(58)48-37(26-54)42(31-20-32(25-53)44(57)35(21-31)28-10-11-40-29(19-28)12-15-51-40)43-46(62-34-9-4-8-33(56)22-34)36-23-41(63-45(36)38(27-55)47(43)64-48)50(59)14-5-7-30-24-52(16-6-18-60-2)17-13-39(30)50/h10-12,19,26,30,32-35,39,41,53,55-56,59H,3-9,13-18,20-25,27H2,1-2H3. The molecule has 8 atom stereocenters. The van der Waals surface area contributed by atoms with Gasteiger partial charge in [0.05, 0.1) is 54.5 Å². The van der Waals surface area contributed by atoms with Crippen LogP contribution in [-0.4, -0.2) is 120 Å². The van der Waals surface area contributed by atoms with Crippen LogP contribution in [0.2, 0.25) is 0 Å². The van der Waals surface area contributed by atoms with Crippen LogP contribution < -0.4 is 24.8 Å². The van der Waals surface area contributed by atoms with Gasteiger partial charge in [0.25, 0.3) is 0 Å². The molecule has 2 aromatic carbocycles. The van der Waals surface area contributed by atoms with E-state index in [2.05, 4.69) is 9.89 Å². The number of ether oxygens (including phenoxy) is 5. The molecule has 14 nitrogen and oxygen atoms in total. The molecule has 2 aromatic rings. The SMILES string of the molecule is CCOC(=O)C1=C(C=O)C(=C2CC(CO)C(=O)C(c3ccc4c(c3)=CCN=4)C2)c2c(c(CO)c3c(c2OC2CCCC(O)C2)CC(C2(O)CCCC4CN(CCCOC)CCC42)O3)O1. The first kappa shape index (κ1) is 44.7. The Balaban J connectivity index is 1.21. The number of methoxy groups -OCH3 is 1. The number of rotatable bonds is 13. The molecule has 4 aliphatic heterocycles. The molecule has 4 N–H and O–H groups in total. The summed E-state index contributed by atoms with van der Waals surface area (Å²) in [6.45, 7) is 4.52. The lowest BCUT2D eigenvalue weighted by molar-refractivity contribution is -0.151. The van der Waals surface area contributed by atoms with Gasteiger partial charge in [-0.2, -0.15) is 0 Å². The zero-order valence-corrected chi connectivity index (χ0v) is 37.0. The van der Waals surface area contributed by atoms with E-state index in [1.807, 2.05) is 24.3 Å². The van der Waals surface area contributed by atoms with Crippen molar-refractivity contribution in [3.63, 3.8) is 0 Å². The Labute approximate surface area is 373 Å². The molecular weight excluding hydrogens is 821 g/mol. The summed E-state index contributed by atoms with van der Waals surface area (Å²) in [5.41, 5.74) is 1.57. The molecule has 0 amide bonds. The molecule has 3 saturated carbocycles. The van der Waals surface area contributed by atoms with Crippen LogP contribution in [0, 0.1) is 17.8 Å². The van der Waals surface area contributed by atoms with Gasteiger partial charge in [0.15, 0.2) is 6.29 Å². The largest absolute Gasteiger partial charge is 0.489 e. The summed E-state index contributed by atoms with van der Waals surface area (Å²) in [7, 11) is 1.72. The number of hydrogen-bond acceptors (Lipinski definition) is 14. The second kappa shape index (κ2) is 18.8. The quantitative estimate of drug-likeness (QED) is 0.130. The first-order valence-corrected chi connectivity index (χ1v) is 23.4. The number of piperidine rings is 1. The van der Waals surface area contributed by atoms with E-state index in [4.69, 9.17) is 23.7 Å². The summed E-state index contributed by atoms with van der Waals surface area (Å²) in [5, 5.41) is 47.8. The summed E-state index contributed by atoms with van der Waals surface area (Å²) >= 11 is 0. The van der Waals surface area contributed by atoms with E-state index in [0.717, 1.165) is 67.9 Å². The highest BCUT2D eigenvalue weighted by atomic mass is 16.6. The second-order valence-electron chi connectivity index (χ2n) is 18.8. The highest BCUT2D eigenvalue weighted by Gasteiger charge is 2.55. The third-order valence-corrected chi connectivity index (χ3v) is 15.1. The smallest absolute Gasteiger partial charge is 0.375 e. The van der Waals surface area contributed by atoms with Gasteiger partial charge in [-0.3, -0.25) is 14.6 Å². The van der Waals surface area contributed by atoms with E-state index in [1.54, 1.807) is 14.0 Å². The van der Waals surface area contributed by atoms with Crippen LogP contribution in [0.5, 0.6) is 17.2 Å². The van der Waals surface area contributed by atoms with E-state index in [1.165, 1.54) is 0 Å². The average molecular weight is 883 g/mol. The molecule has 8 unspecified atom stereocenters. The van der Waals surface area contributed by atoms with Crippen molar-refractivity contribution in [3.8, 4) is 17.2 Å². The van der Waals surface area contributed by atoms with E-state index >= 15 is 0 Å². The van der Waals surface area contributed by atoms with Crippen molar-refractivity contribution in [1.82, 2.24) is 4.90 Å². The van der Waals surface area contributed by atoms with E-state index in [-0.39, 0.29) is 66.1 Å². The molecular formula is C50H62N2O12. The molecule has 64 heavy (non-hydrogen) atoms. The Kier molecular flexibility index (Phi) is 13.2. The topological polar surface area (TPSA) is 194 Å². The summed E-state index contributed by atoms with van der Waals surface area (Å²) in [6, 6.07) is 5.73. The van der Waals surface area contributed by atoms with Crippen LogP contribution in [0.15, 0.2) is 40.1 Å². The number of aliphatic hydroxyl groups excluding tert-OH is 3. The highest BCUT2D eigenvalue weighted by Crippen LogP contribution is 2.58. The highest BCUT2D eigenvalue weighted by molar-refractivity contribution is 6.11. The molecule has 14 heteroatoms. The minimum atomic E-state index is -1.21. The Morgan fingerprint density at radius 3 is 2.72 bits per heavy atom. The number of allylic oxidation sites excluding steroid dienone is 3. The number of ketones is 1. The predicted molar refractivity (Wildman–Crippen MR) is 234 cm³/mol. The zero-order valence-electron chi connectivity index (χ0n) is 37.0. The van der Waals surface area contributed by atoms with Gasteiger partial charge in [-0.1, -0.05) is 24.1 Å². The van der Waals surface area contributed by atoms with Gasteiger partial charge in [0.2, 0.25) is 5.76 Å². The Hall–Kier alpha value is -4.44. The molecule has 1 saturated heterocycles. The summed E-state index contributed by atoms with van der Waals surface area (Å²) in [6.07, 6.45) is 7.75. The van der Waals surface area contributed by atoms with Crippen LogP contribution >= 0.6 is 0 Å². The Bertz CT molecular complexity index is 2360. The normalized spacial score (nSPS) is 31.1. The first-order chi connectivity index (χ1) is 31.1. The molecule has 9 rings (SSSR count). The number of benzene rings is 2. The molecule has 0 bridgehead atoms. The van der Waals surface area contributed by atoms with Crippen LogP contribution in [-0.2, 0) is 36.9 Å². The van der Waals surface area contributed by atoms with Crippen molar-refractivity contribution in [3.05, 3.63) is 67.9 Å². The third-order valence-electron chi connectivity index (χ3n) is 15.1. The van der Waals surface area contributed by atoms with Gasteiger partial charge in [-0.25, -0.2) is 4.79 Å². The Morgan fingerprint density at radius 2 is 1.95 bits per heavy atom. The zero-order chi connectivity index (χ0) is 44.7. The number of hydrogen-bond donors (Lipinski definition) is 4. The van der Waals surface area contributed by atoms with E-state index < -0.39 is 54.9 Å². The first-order valence-electron chi connectivity index (χ1n) is 23.4.